The molecule has 0 aliphatic carbocycles. The van der Waals surface area contributed by atoms with Crippen LogP contribution >= 0.6 is 11.8 Å². The van der Waals surface area contributed by atoms with E-state index in [1.54, 1.807) is 0 Å². The van der Waals surface area contributed by atoms with E-state index in [4.69, 9.17) is 0 Å². The van der Waals surface area contributed by atoms with Gasteiger partial charge in [-0.3, -0.25) is 0 Å². The maximum absolute atomic E-state index is 9.69. The second-order valence-electron chi connectivity index (χ2n) is 5.03. The van der Waals surface area contributed by atoms with E-state index in [1.807, 2.05) is 11.8 Å². The van der Waals surface area contributed by atoms with E-state index < -0.39 is 0 Å². The topological polar surface area (TPSA) is 20.2 Å². The number of thioether (sulfide) groups is 1. The first-order valence-corrected chi connectivity index (χ1v) is 8.03. The first-order chi connectivity index (χ1) is 8.76. The number of hydrogen-bond donors (Lipinski definition) is 1. The molecule has 1 rings (SSSR count). The summed E-state index contributed by atoms with van der Waals surface area (Å²) in [7, 11) is 0. The number of benzene rings is 1. The summed E-state index contributed by atoms with van der Waals surface area (Å²) >= 11 is 1.90. The van der Waals surface area contributed by atoms with Crippen molar-refractivity contribution in [1.82, 2.24) is 0 Å². The molecule has 0 amide bonds. The molecule has 0 radical (unpaired) electrons. The van der Waals surface area contributed by atoms with Crippen molar-refractivity contribution in [1.29, 1.82) is 0 Å². The molecule has 2 heteroatoms. The molecule has 1 aromatic carbocycles. The van der Waals surface area contributed by atoms with Crippen molar-refractivity contribution in [3.05, 3.63) is 30.3 Å². The van der Waals surface area contributed by atoms with E-state index in [0.29, 0.717) is 6.61 Å². The van der Waals surface area contributed by atoms with Gasteiger partial charge in [0.25, 0.3) is 0 Å². The molecule has 0 spiro atoms. The van der Waals surface area contributed by atoms with E-state index >= 15 is 0 Å². The van der Waals surface area contributed by atoms with Gasteiger partial charge in [-0.05, 0) is 42.6 Å². The lowest BCUT2D eigenvalue weighted by Gasteiger charge is -2.30. The summed E-state index contributed by atoms with van der Waals surface area (Å²) < 4.78 is 0. The molecule has 1 aromatic rings. The smallest absolute Gasteiger partial charge is 0.0487 e. The summed E-state index contributed by atoms with van der Waals surface area (Å²) in [5, 5.41) is 9.69. The average Bonchev–Trinajstić information content (AvgIpc) is 2.44. The fourth-order valence-electron chi connectivity index (χ4n) is 2.20. The molecule has 1 N–H and O–H groups in total. The third-order valence-electron chi connectivity index (χ3n) is 3.79. The van der Waals surface area contributed by atoms with Crippen molar-refractivity contribution in [3.8, 4) is 0 Å². The highest BCUT2D eigenvalue weighted by Gasteiger charge is 2.26. The van der Waals surface area contributed by atoms with Crippen molar-refractivity contribution in [2.45, 2.75) is 50.8 Å². The first-order valence-electron chi connectivity index (χ1n) is 7.05. The van der Waals surface area contributed by atoms with E-state index in [1.165, 1.54) is 17.7 Å². The molecule has 18 heavy (non-hydrogen) atoms. The van der Waals surface area contributed by atoms with Crippen LogP contribution in [0.4, 0.5) is 0 Å². The predicted octanol–water partition coefficient (Wildman–Crippen LogP) is 4.75. The lowest BCUT2D eigenvalue weighted by atomic mass is 9.79. The van der Waals surface area contributed by atoms with Gasteiger partial charge in [0.05, 0.1) is 0 Å². The molecular weight excluding hydrogens is 240 g/mol. The SMILES string of the molecule is CCCCC(CC)(CO)CCSc1ccccc1. The van der Waals surface area contributed by atoms with Crippen LogP contribution in [-0.2, 0) is 0 Å². The molecule has 0 heterocycles. The van der Waals surface area contributed by atoms with Gasteiger partial charge >= 0.3 is 0 Å². The van der Waals surface area contributed by atoms with Crippen LogP contribution in [-0.4, -0.2) is 17.5 Å². The number of aliphatic hydroxyl groups is 1. The Morgan fingerprint density at radius 3 is 2.39 bits per heavy atom. The third kappa shape index (κ3) is 5.03. The molecule has 0 bridgehead atoms. The predicted molar refractivity (Wildman–Crippen MR) is 81.1 cm³/mol. The van der Waals surface area contributed by atoms with Gasteiger partial charge < -0.3 is 5.11 Å². The maximum Gasteiger partial charge on any atom is 0.0487 e. The van der Waals surface area contributed by atoms with Gasteiger partial charge in [0.2, 0.25) is 0 Å². The van der Waals surface area contributed by atoms with Crippen molar-refractivity contribution < 1.29 is 5.11 Å². The highest BCUT2D eigenvalue weighted by molar-refractivity contribution is 7.99. The minimum absolute atomic E-state index is 0.151. The van der Waals surface area contributed by atoms with E-state index in [0.717, 1.165) is 25.0 Å². The second-order valence-corrected chi connectivity index (χ2v) is 6.20. The number of rotatable bonds is 9. The molecular formula is C16H26OS. The van der Waals surface area contributed by atoms with E-state index in [-0.39, 0.29) is 5.41 Å². The summed E-state index contributed by atoms with van der Waals surface area (Å²) in [5.41, 5.74) is 0.151. The van der Waals surface area contributed by atoms with Crippen molar-refractivity contribution >= 4 is 11.8 Å². The fourth-order valence-corrected chi connectivity index (χ4v) is 3.32. The van der Waals surface area contributed by atoms with Crippen LogP contribution < -0.4 is 0 Å². The van der Waals surface area contributed by atoms with Crippen LogP contribution in [0.25, 0.3) is 0 Å². The average molecular weight is 266 g/mol. The lowest BCUT2D eigenvalue weighted by molar-refractivity contribution is 0.104. The molecule has 0 aliphatic rings. The van der Waals surface area contributed by atoms with Crippen LogP contribution in [0, 0.1) is 5.41 Å². The summed E-state index contributed by atoms with van der Waals surface area (Å²) in [6, 6.07) is 10.5. The standard InChI is InChI=1S/C16H26OS/c1-3-5-11-16(4-2,14-17)12-13-18-15-9-7-6-8-10-15/h6-10,17H,3-5,11-14H2,1-2H3. The maximum atomic E-state index is 9.69. The van der Waals surface area contributed by atoms with Gasteiger partial charge in [0, 0.05) is 11.5 Å². The zero-order valence-electron chi connectivity index (χ0n) is 11.7. The molecule has 0 saturated carbocycles. The van der Waals surface area contributed by atoms with Gasteiger partial charge in [-0.25, -0.2) is 0 Å². The highest BCUT2D eigenvalue weighted by atomic mass is 32.2. The Labute approximate surface area is 116 Å². The zero-order valence-corrected chi connectivity index (χ0v) is 12.5. The normalized spacial score (nSPS) is 14.4. The lowest BCUT2D eigenvalue weighted by Crippen LogP contribution is -2.25. The van der Waals surface area contributed by atoms with Crippen molar-refractivity contribution in [2.75, 3.05) is 12.4 Å². The number of aliphatic hydroxyl groups excluding tert-OH is 1. The summed E-state index contributed by atoms with van der Waals surface area (Å²) in [4.78, 5) is 1.33. The van der Waals surface area contributed by atoms with E-state index in [9.17, 15) is 5.11 Å². The Hall–Kier alpha value is -0.470. The monoisotopic (exact) mass is 266 g/mol. The number of hydrogen-bond acceptors (Lipinski definition) is 2. The number of unbranched alkanes of at least 4 members (excludes halogenated alkanes) is 1. The van der Waals surface area contributed by atoms with Crippen LogP contribution in [0.15, 0.2) is 35.2 Å². The molecule has 1 nitrogen and oxygen atoms in total. The molecule has 0 fully saturated rings. The third-order valence-corrected chi connectivity index (χ3v) is 4.80. The summed E-state index contributed by atoms with van der Waals surface area (Å²) in [6.07, 6.45) is 5.79. The first kappa shape index (κ1) is 15.6. The Morgan fingerprint density at radius 1 is 1.11 bits per heavy atom. The summed E-state index contributed by atoms with van der Waals surface area (Å²) in [5.74, 6) is 1.10. The largest absolute Gasteiger partial charge is 0.396 e. The summed E-state index contributed by atoms with van der Waals surface area (Å²) in [6.45, 7) is 4.76. The molecule has 0 aliphatic heterocycles. The Kier molecular flexibility index (Phi) is 7.45. The van der Waals surface area contributed by atoms with Gasteiger partial charge in [0.1, 0.15) is 0 Å². The minimum Gasteiger partial charge on any atom is -0.396 e. The van der Waals surface area contributed by atoms with Crippen molar-refractivity contribution in [2.24, 2.45) is 5.41 Å². The van der Waals surface area contributed by atoms with Crippen LogP contribution in [0.1, 0.15) is 46.0 Å². The van der Waals surface area contributed by atoms with Crippen LogP contribution in [0.5, 0.6) is 0 Å². The minimum atomic E-state index is 0.151. The fraction of sp³-hybridized carbons (Fsp3) is 0.625. The van der Waals surface area contributed by atoms with Gasteiger partial charge in [0.15, 0.2) is 0 Å². The molecule has 0 saturated heterocycles. The Bertz CT molecular complexity index is 306. The van der Waals surface area contributed by atoms with Crippen LogP contribution in [0.2, 0.25) is 0 Å². The molecule has 0 aromatic heterocycles. The van der Waals surface area contributed by atoms with Gasteiger partial charge in [-0.2, -0.15) is 0 Å². The second kappa shape index (κ2) is 8.60. The molecule has 102 valence electrons. The van der Waals surface area contributed by atoms with Gasteiger partial charge in [-0.1, -0.05) is 44.9 Å². The highest BCUT2D eigenvalue weighted by Crippen LogP contribution is 2.34. The Balaban J connectivity index is 2.42. The Morgan fingerprint density at radius 2 is 1.83 bits per heavy atom. The zero-order chi connectivity index (χ0) is 13.3. The quantitative estimate of drug-likeness (QED) is 0.651. The van der Waals surface area contributed by atoms with E-state index in [2.05, 4.69) is 44.2 Å². The van der Waals surface area contributed by atoms with Crippen LogP contribution in [0.3, 0.4) is 0 Å². The molecule has 1 atom stereocenters. The molecule has 1 unspecified atom stereocenters. The van der Waals surface area contributed by atoms with Crippen molar-refractivity contribution in [3.63, 3.8) is 0 Å². The van der Waals surface area contributed by atoms with Gasteiger partial charge in [-0.15, -0.1) is 11.8 Å².